The molecule has 0 amide bonds. The fourth-order valence-electron chi connectivity index (χ4n) is 5.92. The Kier molecular flexibility index (Phi) is 22.7. The molecule has 6 aromatic rings. The van der Waals surface area contributed by atoms with Crippen LogP contribution < -0.4 is 59.8 Å². The molecule has 0 unspecified atom stereocenters. The van der Waals surface area contributed by atoms with Gasteiger partial charge >= 0.3 is 239 Å². The van der Waals surface area contributed by atoms with Crippen LogP contribution in [0.15, 0.2) is 182 Å². The van der Waals surface area contributed by atoms with Crippen LogP contribution in [0.3, 0.4) is 0 Å². The van der Waals surface area contributed by atoms with Gasteiger partial charge in [-0.05, 0) is 49.5 Å². The number of rotatable bonds is 10. The third-order valence-corrected chi connectivity index (χ3v) is 22.3. The van der Waals surface area contributed by atoms with E-state index in [1.54, 1.807) is 121 Å². The van der Waals surface area contributed by atoms with Crippen LogP contribution in [0.5, 0.6) is 0 Å². The second-order valence-electron chi connectivity index (χ2n) is 13.6. The van der Waals surface area contributed by atoms with Crippen molar-refractivity contribution in [3.8, 4) is 0 Å². The van der Waals surface area contributed by atoms with Gasteiger partial charge in [-0.1, -0.05) is 60.7 Å². The molecule has 338 valence electrons. The van der Waals surface area contributed by atoms with Crippen LogP contribution >= 0.6 is 33.3 Å². The topological polar surface area (TPSA) is 157 Å². The first-order chi connectivity index (χ1) is 27.8. The molecule has 0 aromatic heterocycles. The predicted octanol–water partition coefficient (Wildman–Crippen LogP) is 3.46. The van der Waals surface area contributed by atoms with Crippen LogP contribution in [0.25, 0.3) is 0 Å². The average Bonchev–Trinajstić information content (AvgIpc) is 3.83. The molecule has 0 atom stereocenters. The van der Waals surface area contributed by atoms with Gasteiger partial charge in [0, 0.05) is 44.8 Å². The summed E-state index contributed by atoms with van der Waals surface area (Å²) in [6.07, 6.45) is 2.93. The molecule has 16 heteroatoms. The summed E-state index contributed by atoms with van der Waals surface area (Å²) >= 11 is 2.07. The summed E-state index contributed by atoms with van der Waals surface area (Å²) in [4.78, 5) is 0. The third kappa shape index (κ3) is 16.9. The van der Waals surface area contributed by atoms with E-state index in [2.05, 4.69) is 106 Å². The monoisotopic (exact) mass is 1310 g/mol. The summed E-state index contributed by atoms with van der Waals surface area (Å²) in [5, 5.41) is 4.81. The predicted molar refractivity (Wildman–Crippen MR) is 233 cm³/mol. The van der Waals surface area contributed by atoms with Gasteiger partial charge in [-0.15, -0.1) is 0 Å². The van der Waals surface area contributed by atoms with Crippen molar-refractivity contribution in [3.63, 3.8) is 0 Å². The van der Waals surface area contributed by atoms with Gasteiger partial charge in [0.1, 0.15) is 0 Å². The number of hydrogen-bond donors (Lipinski definition) is 0. The van der Waals surface area contributed by atoms with E-state index < -0.39 is 34.1 Å². The Hall–Kier alpha value is -1.30. The first-order valence-corrected chi connectivity index (χ1v) is 28.7. The third-order valence-electron chi connectivity index (χ3n) is 9.04. The van der Waals surface area contributed by atoms with Crippen molar-refractivity contribution in [1.82, 2.24) is 0 Å². The van der Waals surface area contributed by atoms with E-state index >= 15 is 0 Å². The first-order valence-electron chi connectivity index (χ1n) is 18.2. The van der Waals surface area contributed by atoms with E-state index in [-0.39, 0.29) is 52.7 Å². The van der Waals surface area contributed by atoms with E-state index in [0.717, 1.165) is 0 Å². The Morgan fingerprint density at radius 1 is 0.426 bits per heavy atom. The van der Waals surface area contributed by atoms with Gasteiger partial charge in [-0.3, -0.25) is 0 Å². The SMILES string of the molecule is C1CCSC1.CP(c1ccccc1)c1ccccc1.[Au].[Au].[CH2-]P([CH2-])(O[Cl+3]([O-])([O-])[O-])(c1ccccc1)c1ccccc1.[CH2-]P([CH2-])(O[Cl+3]([O-])([O-])[O-])(c1ccccc1)c1ccccc1. The zero-order valence-electron chi connectivity index (χ0n) is 33.4. The summed E-state index contributed by atoms with van der Waals surface area (Å²) in [6, 6.07) is 55.5. The van der Waals surface area contributed by atoms with Gasteiger partial charge in [0.2, 0.25) is 0 Å². The molecular weight excluding hydrogens is 1260 g/mol. The van der Waals surface area contributed by atoms with E-state index in [0.29, 0.717) is 21.2 Å². The Balaban J connectivity index is 0.000000296. The van der Waals surface area contributed by atoms with Crippen molar-refractivity contribution in [2.45, 2.75) is 12.8 Å². The van der Waals surface area contributed by atoms with Gasteiger partial charge in [0.15, 0.2) is 0 Å². The quantitative estimate of drug-likeness (QED) is 0.114. The standard InChI is InChI=1S/2C14H14ClO4P.C13H13P.C4H8S.2Au/c2*1-20(2,19-15(16,17)18,13-9-5-3-6-10-13)14-11-7-4-8-12-14;1-14(12-8-4-2-5-9-12)13-10-6-3-7-11-13;1-2-4-5-3-1;;/h2*3-12H,1-2H2;2-11H,1H3;1-4H2;;/q2*-2;;;;. The van der Waals surface area contributed by atoms with Crippen molar-refractivity contribution in [1.29, 1.82) is 0 Å². The average molecular weight is 1310 g/mol. The fourth-order valence-corrected chi connectivity index (χ4v) is 17.1. The zero-order valence-corrected chi connectivity index (χ0v) is 42.7. The minimum absolute atomic E-state index is 0. The van der Waals surface area contributed by atoms with Crippen molar-refractivity contribution in [3.05, 3.63) is 209 Å². The van der Waals surface area contributed by atoms with E-state index in [1.807, 2.05) is 0 Å². The van der Waals surface area contributed by atoms with Crippen LogP contribution in [0.1, 0.15) is 12.8 Å². The van der Waals surface area contributed by atoms with Crippen LogP contribution in [0.4, 0.5) is 0 Å². The molecule has 1 saturated heterocycles. The van der Waals surface area contributed by atoms with Crippen LogP contribution in [0, 0.1) is 47.1 Å². The maximum atomic E-state index is 11.1. The molecule has 8 nitrogen and oxygen atoms in total. The number of benzene rings is 6. The molecule has 0 aliphatic carbocycles. The molecule has 61 heavy (non-hydrogen) atoms. The molecule has 0 spiro atoms. The molecule has 1 aliphatic rings. The fraction of sp³-hybridized carbons (Fsp3) is 0.111. The van der Waals surface area contributed by atoms with Crippen molar-refractivity contribution >= 4 is 65.2 Å². The Morgan fingerprint density at radius 2 is 0.639 bits per heavy atom. The summed E-state index contributed by atoms with van der Waals surface area (Å²) < 4.78 is 76.6. The minimum atomic E-state index is -4.66. The molecular formula is C45H49Au2Cl2O8P3S-4. The summed E-state index contributed by atoms with van der Waals surface area (Å²) in [5.41, 5.74) is 0. The second-order valence-corrected chi connectivity index (χ2v) is 27.3. The van der Waals surface area contributed by atoms with Gasteiger partial charge in [0.05, 0.1) is 0 Å². The number of hydrogen-bond acceptors (Lipinski definition) is 9. The van der Waals surface area contributed by atoms with Gasteiger partial charge in [-0.2, -0.15) is 11.8 Å². The van der Waals surface area contributed by atoms with Crippen molar-refractivity contribution < 1.29 is 101 Å². The van der Waals surface area contributed by atoms with Crippen molar-refractivity contribution in [2.24, 2.45) is 0 Å². The van der Waals surface area contributed by atoms with E-state index in [9.17, 15) is 28.0 Å². The molecule has 1 aliphatic heterocycles. The van der Waals surface area contributed by atoms with E-state index in [1.165, 1.54) is 35.0 Å². The van der Waals surface area contributed by atoms with Gasteiger partial charge in [-0.25, -0.2) is 0 Å². The summed E-state index contributed by atoms with van der Waals surface area (Å²) in [5.74, 6) is 2.83. The zero-order chi connectivity index (χ0) is 43.1. The maximum absolute atomic E-state index is 11.1. The van der Waals surface area contributed by atoms with Crippen LogP contribution in [-0.4, -0.2) is 18.2 Å². The van der Waals surface area contributed by atoms with Crippen LogP contribution in [0.2, 0.25) is 0 Å². The number of halogens is 2. The molecule has 2 radical (unpaired) electrons. The first kappa shape index (κ1) is 55.8. The van der Waals surface area contributed by atoms with Crippen molar-refractivity contribution in [2.75, 3.05) is 18.2 Å². The van der Waals surface area contributed by atoms with E-state index in [4.69, 9.17) is 8.15 Å². The Labute approximate surface area is 402 Å². The molecule has 1 fully saturated rings. The number of thioether (sulfide) groups is 1. The second kappa shape index (κ2) is 24.8. The molecule has 0 saturated carbocycles. The summed E-state index contributed by atoms with van der Waals surface area (Å²) in [6.45, 7) is 9.97. The molecule has 7 rings (SSSR count). The molecule has 1 heterocycles. The molecule has 6 aromatic carbocycles. The van der Waals surface area contributed by atoms with Gasteiger partial charge in [0.25, 0.3) is 0 Å². The molecule has 0 N–H and O–H groups in total. The normalized spacial score (nSPS) is 13.9. The Morgan fingerprint density at radius 3 is 0.820 bits per heavy atom. The van der Waals surface area contributed by atoms with Gasteiger partial charge < -0.3 is 0 Å². The molecule has 0 bridgehead atoms. The summed E-state index contributed by atoms with van der Waals surface area (Å²) in [7, 11) is -9.48. The van der Waals surface area contributed by atoms with Crippen LogP contribution in [-0.2, 0) is 52.9 Å². The Bertz CT molecular complexity index is 1880.